The summed E-state index contributed by atoms with van der Waals surface area (Å²) in [6, 6.07) is 7.82. The molecule has 23 heavy (non-hydrogen) atoms. The summed E-state index contributed by atoms with van der Waals surface area (Å²) in [6.07, 6.45) is 1.90. The number of amides is 2. The Balaban J connectivity index is 1.58. The number of piperazine rings is 1. The van der Waals surface area contributed by atoms with E-state index in [1.165, 1.54) is 0 Å². The maximum atomic E-state index is 12.4. The molecule has 0 unspecified atom stereocenters. The van der Waals surface area contributed by atoms with Gasteiger partial charge >= 0.3 is 0 Å². The molecule has 3 fully saturated rings. The van der Waals surface area contributed by atoms with E-state index < -0.39 is 0 Å². The van der Waals surface area contributed by atoms with Crippen LogP contribution in [0.25, 0.3) is 0 Å². The third-order valence-electron chi connectivity index (χ3n) is 5.25. The van der Waals surface area contributed by atoms with Crippen LogP contribution in [-0.4, -0.2) is 58.5 Å². The number of carbonyl (C=O) groups excluding carboxylic acids is 2. The summed E-state index contributed by atoms with van der Waals surface area (Å²) in [6.45, 7) is 0.702. The number of hydrogen-bond acceptors (Lipinski definition) is 3. The molecule has 0 radical (unpaired) electrons. The Labute approximate surface area is 143 Å². The zero-order valence-electron chi connectivity index (χ0n) is 12.7. The largest absolute Gasteiger partial charge is 0.394 e. The smallest absolute Gasteiger partial charge is 0.242 e. The summed E-state index contributed by atoms with van der Waals surface area (Å²) in [5, 5.41) is 9.72. The van der Waals surface area contributed by atoms with Crippen LogP contribution in [0.5, 0.6) is 0 Å². The van der Waals surface area contributed by atoms with Crippen molar-refractivity contribution in [3.05, 3.63) is 34.3 Å². The number of fused-ring (bicyclic) bond motifs is 1. The molecule has 2 saturated heterocycles. The molecule has 4 rings (SSSR count). The second-order valence-corrected chi connectivity index (χ2v) is 7.60. The van der Waals surface area contributed by atoms with Gasteiger partial charge in [-0.1, -0.05) is 28.1 Å². The zero-order chi connectivity index (χ0) is 16.1. The van der Waals surface area contributed by atoms with E-state index in [0.29, 0.717) is 6.54 Å². The summed E-state index contributed by atoms with van der Waals surface area (Å²) < 4.78 is 1.00. The van der Waals surface area contributed by atoms with Crippen LogP contribution in [0.15, 0.2) is 28.7 Å². The molecular weight excluding hydrogens is 360 g/mol. The minimum atomic E-state index is -0.174. The molecule has 1 aromatic rings. The lowest BCUT2D eigenvalue weighted by Crippen LogP contribution is -2.73. The van der Waals surface area contributed by atoms with Gasteiger partial charge in [-0.2, -0.15) is 0 Å². The van der Waals surface area contributed by atoms with E-state index in [0.717, 1.165) is 22.9 Å². The van der Waals surface area contributed by atoms with Gasteiger partial charge in [-0.25, -0.2) is 0 Å². The maximum Gasteiger partial charge on any atom is 0.242 e. The number of rotatable bonds is 3. The fourth-order valence-corrected chi connectivity index (χ4v) is 4.21. The highest BCUT2D eigenvalue weighted by Crippen LogP contribution is 2.44. The summed E-state index contributed by atoms with van der Waals surface area (Å²) in [7, 11) is 0. The quantitative estimate of drug-likeness (QED) is 0.863. The van der Waals surface area contributed by atoms with Gasteiger partial charge in [0.25, 0.3) is 0 Å². The molecule has 122 valence electrons. The van der Waals surface area contributed by atoms with Crippen molar-refractivity contribution < 1.29 is 14.7 Å². The highest BCUT2D eigenvalue weighted by Gasteiger charge is 2.55. The van der Waals surface area contributed by atoms with E-state index in [4.69, 9.17) is 0 Å². The Bertz CT molecular complexity index is 644. The lowest BCUT2D eigenvalue weighted by Gasteiger charge is -2.58. The Morgan fingerprint density at radius 3 is 2.57 bits per heavy atom. The fraction of sp³-hybridized carbons (Fsp3) is 0.529. The van der Waals surface area contributed by atoms with Gasteiger partial charge in [0.15, 0.2) is 0 Å². The molecule has 0 aromatic heterocycles. The van der Waals surface area contributed by atoms with Gasteiger partial charge in [-0.05, 0) is 30.5 Å². The molecule has 5 nitrogen and oxygen atoms in total. The number of hydrogen-bond donors (Lipinski definition) is 1. The van der Waals surface area contributed by atoms with Crippen LogP contribution in [0.2, 0.25) is 0 Å². The monoisotopic (exact) mass is 378 g/mol. The van der Waals surface area contributed by atoms with E-state index in [9.17, 15) is 14.7 Å². The van der Waals surface area contributed by atoms with E-state index in [1.54, 1.807) is 9.80 Å². The number of halogens is 1. The molecule has 6 heteroatoms. The fourth-order valence-electron chi connectivity index (χ4n) is 3.94. The molecule has 2 heterocycles. The molecule has 3 aliphatic rings. The van der Waals surface area contributed by atoms with Crippen molar-refractivity contribution in [2.24, 2.45) is 5.92 Å². The highest BCUT2D eigenvalue weighted by atomic mass is 79.9. The third kappa shape index (κ3) is 2.48. The van der Waals surface area contributed by atoms with Gasteiger partial charge < -0.3 is 14.9 Å². The first-order valence-corrected chi connectivity index (χ1v) is 8.85. The average Bonchev–Trinajstić information content (AvgIpc) is 3.35. The summed E-state index contributed by atoms with van der Waals surface area (Å²) in [5.41, 5.74) is 1.11. The standard InChI is InChI=1S/C17H19BrN2O3/c18-12-5-3-10(4-6-12)16-13-7-19(17(23)11-1-2-11)8-15(22)20(13)14(16)9-21/h3-6,11,13-14,16,21H,1-2,7-9H2/t13-,14-,16-/m0/s1. The SMILES string of the molecule is O=C(C1CC1)N1CC(=O)N2[C@@H](CO)[C@@H](c3ccc(Br)cc3)[C@@H]2C1. The van der Waals surface area contributed by atoms with E-state index >= 15 is 0 Å². The predicted octanol–water partition coefficient (Wildman–Crippen LogP) is 1.36. The van der Waals surface area contributed by atoms with Crippen LogP contribution in [0.4, 0.5) is 0 Å². The first-order chi connectivity index (χ1) is 11.1. The first-order valence-electron chi connectivity index (χ1n) is 8.06. The maximum absolute atomic E-state index is 12.4. The minimum Gasteiger partial charge on any atom is -0.394 e. The normalized spacial score (nSPS) is 30.0. The van der Waals surface area contributed by atoms with Crippen LogP contribution >= 0.6 is 15.9 Å². The number of nitrogens with zero attached hydrogens (tertiary/aromatic N) is 2. The van der Waals surface area contributed by atoms with Crippen molar-refractivity contribution in [1.29, 1.82) is 0 Å². The highest BCUT2D eigenvalue weighted by molar-refractivity contribution is 9.10. The zero-order valence-corrected chi connectivity index (χ0v) is 14.3. The van der Waals surface area contributed by atoms with Crippen LogP contribution in [-0.2, 0) is 9.59 Å². The van der Waals surface area contributed by atoms with Crippen molar-refractivity contribution in [2.45, 2.75) is 30.8 Å². The Hall–Kier alpha value is -1.40. The second kappa shape index (κ2) is 5.60. The number of carbonyl (C=O) groups is 2. The number of aliphatic hydroxyl groups is 1. The van der Waals surface area contributed by atoms with Crippen molar-refractivity contribution in [1.82, 2.24) is 9.80 Å². The number of aliphatic hydroxyl groups excluding tert-OH is 1. The van der Waals surface area contributed by atoms with E-state index in [-0.39, 0.29) is 48.9 Å². The van der Waals surface area contributed by atoms with Gasteiger partial charge in [0.2, 0.25) is 11.8 Å². The van der Waals surface area contributed by atoms with Crippen molar-refractivity contribution in [3.8, 4) is 0 Å². The van der Waals surface area contributed by atoms with Crippen LogP contribution in [0, 0.1) is 5.92 Å². The Kier molecular flexibility index (Phi) is 3.69. The average molecular weight is 379 g/mol. The number of benzene rings is 1. The Morgan fingerprint density at radius 2 is 1.96 bits per heavy atom. The van der Waals surface area contributed by atoms with E-state index in [1.807, 2.05) is 24.3 Å². The van der Waals surface area contributed by atoms with Crippen LogP contribution < -0.4 is 0 Å². The van der Waals surface area contributed by atoms with Crippen LogP contribution in [0.3, 0.4) is 0 Å². The third-order valence-corrected chi connectivity index (χ3v) is 5.77. The van der Waals surface area contributed by atoms with Gasteiger partial charge in [-0.3, -0.25) is 9.59 Å². The molecule has 3 atom stereocenters. The van der Waals surface area contributed by atoms with Crippen molar-refractivity contribution in [2.75, 3.05) is 19.7 Å². The lowest BCUT2D eigenvalue weighted by atomic mass is 9.73. The predicted molar refractivity (Wildman–Crippen MR) is 87.7 cm³/mol. The summed E-state index contributed by atoms with van der Waals surface area (Å²) in [4.78, 5) is 28.3. The molecular formula is C17H19BrN2O3. The molecule has 1 saturated carbocycles. The van der Waals surface area contributed by atoms with Gasteiger partial charge in [0.1, 0.15) is 0 Å². The molecule has 1 N–H and O–H groups in total. The van der Waals surface area contributed by atoms with Gasteiger partial charge in [0.05, 0.1) is 25.2 Å². The van der Waals surface area contributed by atoms with Gasteiger partial charge in [0, 0.05) is 22.9 Å². The van der Waals surface area contributed by atoms with E-state index in [2.05, 4.69) is 15.9 Å². The molecule has 1 aromatic carbocycles. The molecule has 1 aliphatic carbocycles. The minimum absolute atomic E-state index is 0.0164. The summed E-state index contributed by atoms with van der Waals surface area (Å²) in [5.74, 6) is 0.309. The topological polar surface area (TPSA) is 60.9 Å². The molecule has 2 aliphatic heterocycles. The van der Waals surface area contributed by atoms with Gasteiger partial charge in [-0.15, -0.1) is 0 Å². The first kappa shape index (κ1) is 15.1. The Morgan fingerprint density at radius 1 is 1.26 bits per heavy atom. The molecule has 0 bridgehead atoms. The van der Waals surface area contributed by atoms with Crippen molar-refractivity contribution >= 4 is 27.7 Å². The second-order valence-electron chi connectivity index (χ2n) is 6.69. The van der Waals surface area contributed by atoms with Crippen molar-refractivity contribution in [3.63, 3.8) is 0 Å². The van der Waals surface area contributed by atoms with Crippen LogP contribution in [0.1, 0.15) is 24.3 Å². The lowest BCUT2D eigenvalue weighted by molar-refractivity contribution is -0.167. The molecule has 2 amide bonds. The molecule has 0 spiro atoms. The summed E-state index contributed by atoms with van der Waals surface area (Å²) >= 11 is 3.43.